The lowest BCUT2D eigenvalue weighted by molar-refractivity contribution is -0.119. The molecule has 6 heteroatoms. The third-order valence-corrected chi connectivity index (χ3v) is 3.82. The smallest absolute Gasteiger partial charge is 0.317 e. The Balaban J connectivity index is 1.79. The van der Waals surface area contributed by atoms with Crippen molar-refractivity contribution in [3.8, 4) is 0 Å². The Kier molecular flexibility index (Phi) is 5.77. The van der Waals surface area contributed by atoms with Crippen LogP contribution in [0.15, 0.2) is 24.3 Å². The number of carbonyl (C=O) groups is 2. The predicted molar refractivity (Wildman–Crippen MR) is 85.2 cm³/mol. The predicted octanol–water partition coefficient (Wildman–Crippen LogP) is 0.698. The summed E-state index contributed by atoms with van der Waals surface area (Å²) in [6.07, 6.45) is 0.852. The third kappa shape index (κ3) is 5.04. The average Bonchev–Trinajstić information content (AvgIpc) is 2.71. The minimum absolute atomic E-state index is 0.0542. The van der Waals surface area contributed by atoms with Crippen molar-refractivity contribution in [1.82, 2.24) is 15.1 Å². The van der Waals surface area contributed by atoms with Gasteiger partial charge in [0.25, 0.3) is 0 Å². The van der Waals surface area contributed by atoms with Gasteiger partial charge in [-0.05, 0) is 18.9 Å². The molecule has 0 spiro atoms. The van der Waals surface area contributed by atoms with E-state index in [1.807, 2.05) is 36.1 Å². The molecule has 1 aliphatic rings. The maximum Gasteiger partial charge on any atom is 0.317 e. The van der Waals surface area contributed by atoms with Crippen LogP contribution < -0.4 is 11.1 Å². The van der Waals surface area contributed by atoms with Gasteiger partial charge in [-0.3, -0.25) is 9.69 Å². The number of carbonyl (C=O) groups excluding carboxylic acids is 2. The number of amides is 3. The molecule has 1 aromatic carbocycles. The fourth-order valence-corrected chi connectivity index (χ4v) is 2.55. The van der Waals surface area contributed by atoms with E-state index in [1.165, 1.54) is 5.56 Å². The highest BCUT2D eigenvalue weighted by Crippen LogP contribution is 2.05. The Bertz CT molecular complexity index is 515. The molecular formula is C16H24N4O2. The molecule has 3 N–H and O–H groups in total. The van der Waals surface area contributed by atoms with Crippen molar-refractivity contribution in [2.75, 3.05) is 32.7 Å². The summed E-state index contributed by atoms with van der Waals surface area (Å²) in [6.45, 7) is 5.63. The van der Waals surface area contributed by atoms with Gasteiger partial charge in [0.05, 0.1) is 6.54 Å². The number of hydrogen-bond acceptors (Lipinski definition) is 3. The van der Waals surface area contributed by atoms with Crippen LogP contribution in [-0.2, 0) is 11.3 Å². The van der Waals surface area contributed by atoms with Crippen molar-refractivity contribution in [1.29, 1.82) is 0 Å². The van der Waals surface area contributed by atoms with Gasteiger partial charge in [-0.15, -0.1) is 0 Å². The van der Waals surface area contributed by atoms with Gasteiger partial charge in [-0.2, -0.15) is 0 Å². The quantitative estimate of drug-likeness (QED) is 0.859. The van der Waals surface area contributed by atoms with Crippen LogP contribution in [0.2, 0.25) is 0 Å². The Hall–Kier alpha value is -2.08. The molecule has 0 unspecified atom stereocenters. The number of rotatable bonds is 4. The monoisotopic (exact) mass is 304 g/mol. The number of hydrogen-bond donors (Lipinski definition) is 2. The summed E-state index contributed by atoms with van der Waals surface area (Å²) in [6, 6.07) is 8.06. The summed E-state index contributed by atoms with van der Waals surface area (Å²) < 4.78 is 0. The number of benzene rings is 1. The van der Waals surface area contributed by atoms with Gasteiger partial charge in [0, 0.05) is 32.7 Å². The largest absolute Gasteiger partial charge is 0.369 e. The Labute approximate surface area is 131 Å². The van der Waals surface area contributed by atoms with Gasteiger partial charge in [-0.25, -0.2) is 4.79 Å². The Morgan fingerprint density at radius 1 is 1.14 bits per heavy atom. The first-order valence-corrected chi connectivity index (χ1v) is 7.63. The van der Waals surface area contributed by atoms with Crippen LogP contribution >= 0.6 is 0 Å². The van der Waals surface area contributed by atoms with E-state index in [2.05, 4.69) is 5.32 Å². The van der Waals surface area contributed by atoms with E-state index in [0.29, 0.717) is 26.2 Å². The van der Waals surface area contributed by atoms with Crippen molar-refractivity contribution >= 4 is 11.9 Å². The normalized spacial score (nSPS) is 16.1. The molecule has 1 heterocycles. The molecule has 1 aliphatic heterocycles. The summed E-state index contributed by atoms with van der Waals surface area (Å²) in [5.74, 6) is -0.322. The molecule has 0 radical (unpaired) electrons. The zero-order chi connectivity index (χ0) is 15.9. The molecule has 0 aliphatic carbocycles. The van der Waals surface area contributed by atoms with Gasteiger partial charge in [-0.1, -0.05) is 29.8 Å². The van der Waals surface area contributed by atoms with Gasteiger partial charge in [0.1, 0.15) is 0 Å². The summed E-state index contributed by atoms with van der Waals surface area (Å²) in [5.41, 5.74) is 7.51. The maximum atomic E-state index is 12.2. The van der Waals surface area contributed by atoms with Gasteiger partial charge in [0.2, 0.25) is 5.91 Å². The first-order valence-electron chi connectivity index (χ1n) is 7.63. The molecule has 1 fully saturated rings. The molecule has 0 bridgehead atoms. The first kappa shape index (κ1) is 16.3. The van der Waals surface area contributed by atoms with Crippen LogP contribution in [0.25, 0.3) is 0 Å². The number of nitrogens with zero attached hydrogens (tertiary/aromatic N) is 2. The standard InChI is InChI=1S/C16H24N4O2/c1-13-3-5-14(6-4-13)11-18-16(22)20-8-2-7-19(9-10-20)12-15(17)21/h3-6H,2,7-12H2,1H3,(H2,17,21)(H,18,22). The molecule has 0 aromatic heterocycles. The van der Waals surface area contributed by atoms with Gasteiger partial charge < -0.3 is 16.0 Å². The minimum Gasteiger partial charge on any atom is -0.369 e. The summed E-state index contributed by atoms with van der Waals surface area (Å²) >= 11 is 0. The van der Waals surface area contributed by atoms with E-state index in [4.69, 9.17) is 5.73 Å². The van der Waals surface area contributed by atoms with Crippen LogP contribution in [0.4, 0.5) is 4.79 Å². The second-order valence-corrected chi connectivity index (χ2v) is 5.73. The lowest BCUT2D eigenvalue weighted by Gasteiger charge is -2.21. The second-order valence-electron chi connectivity index (χ2n) is 5.73. The summed E-state index contributed by atoms with van der Waals surface area (Å²) in [5, 5.41) is 2.95. The number of primary amides is 1. The number of nitrogens with one attached hydrogen (secondary N) is 1. The first-order chi connectivity index (χ1) is 10.5. The van der Waals surface area contributed by atoms with Crippen molar-refractivity contribution in [3.05, 3.63) is 35.4 Å². The van der Waals surface area contributed by atoms with Gasteiger partial charge >= 0.3 is 6.03 Å². The van der Waals surface area contributed by atoms with E-state index < -0.39 is 0 Å². The third-order valence-electron chi connectivity index (χ3n) is 3.82. The highest BCUT2D eigenvalue weighted by Gasteiger charge is 2.19. The summed E-state index contributed by atoms with van der Waals surface area (Å²) in [4.78, 5) is 27.0. The van der Waals surface area contributed by atoms with E-state index in [1.54, 1.807) is 4.90 Å². The molecule has 0 saturated carbocycles. The number of aryl methyl sites for hydroxylation is 1. The van der Waals surface area contributed by atoms with Crippen LogP contribution in [0.1, 0.15) is 17.5 Å². The molecule has 1 aromatic rings. The van der Waals surface area contributed by atoms with Crippen LogP contribution in [-0.4, -0.2) is 54.5 Å². The molecule has 0 atom stereocenters. The Morgan fingerprint density at radius 3 is 2.55 bits per heavy atom. The van der Waals surface area contributed by atoms with Crippen molar-refractivity contribution < 1.29 is 9.59 Å². The topological polar surface area (TPSA) is 78.7 Å². The van der Waals surface area contributed by atoms with E-state index in [0.717, 1.165) is 18.5 Å². The van der Waals surface area contributed by atoms with Crippen molar-refractivity contribution in [2.45, 2.75) is 19.9 Å². The molecule has 1 saturated heterocycles. The maximum absolute atomic E-state index is 12.2. The zero-order valence-electron chi connectivity index (χ0n) is 13.0. The fraction of sp³-hybridized carbons (Fsp3) is 0.500. The lowest BCUT2D eigenvalue weighted by Crippen LogP contribution is -2.42. The minimum atomic E-state index is -0.322. The average molecular weight is 304 g/mol. The highest BCUT2D eigenvalue weighted by molar-refractivity contribution is 5.76. The molecule has 6 nitrogen and oxygen atoms in total. The summed E-state index contributed by atoms with van der Waals surface area (Å²) in [7, 11) is 0. The Morgan fingerprint density at radius 2 is 1.86 bits per heavy atom. The number of nitrogens with two attached hydrogens (primary N) is 1. The molecular weight excluding hydrogens is 280 g/mol. The SMILES string of the molecule is Cc1ccc(CNC(=O)N2CCCN(CC(N)=O)CC2)cc1. The van der Waals surface area contributed by atoms with Crippen molar-refractivity contribution in [2.24, 2.45) is 5.73 Å². The van der Waals surface area contributed by atoms with E-state index >= 15 is 0 Å². The molecule has 120 valence electrons. The van der Waals surface area contributed by atoms with E-state index in [9.17, 15) is 9.59 Å². The van der Waals surface area contributed by atoms with Crippen LogP contribution in [0, 0.1) is 6.92 Å². The molecule has 22 heavy (non-hydrogen) atoms. The highest BCUT2D eigenvalue weighted by atomic mass is 16.2. The van der Waals surface area contributed by atoms with Crippen LogP contribution in [0.5, 0.6) is 0 Å². The van der Waals surface area contributed by atoms with Crippen LogP contribution in [0.3, 0.4) is 0 Å². The lowest BCUT2D eigenvalue weighted by atomic mass is 10.1. The fourth-order valence-electron chi connectivity index (χ4n) is 2.55. The van der Waals surface area contributed by atoms with Gasteiger partial charge in [0.15, 0.2) is 0 Å². The zero-order valence-corrected chi connectivity index (χ0v) is 13.0. The van der Waals surface area contributed by atoms with Crippen molar-refractivity contribution in [3.63, 3.8) is 0 Å². The number of urea groups is 1. The molecule has 2 rings (SSSR count). The second kappa shape index (κ2) is 7.79. The molecule has 3 amide bonds. The van der Waals surface area contributed by atoms with E-state index in [-0.39, 0.29) is 18.5 Å².